The fraction of sp³-hybridized carbons (Fsp3) is 1.00. The van der Waals surface area contributed by atoms with Gasteiger partial charge in [0.2, 0.25) is 0 Å². The van der Waals surface area contributed by atoms with Gasteiger partial charge < -0.3 is 4.43 Å². The van der Waals surface area contributed by atoms with Crippen molar-refractivity contribution < 1.29 is 4.43 Å². The third-order valence-corrected chi connectivity index (χ3v) is 8.05. The number of hydrogen-bond acceptors (Lipinski definition) is 1. The maximum atomic E-state index is 6.31. The van der Waals surface area contributed by atoms with Crippen LogP contribution in [0.25, 0.3) is 0 Å². The summed E-state index contributed by atoms with van der Waals surface area (Å²) in [4.78, 5) is 0. The quantitative estimate of drug-likeness (QED) is 0.620. The molecule has 0 amide bonds. The van der Waals surface area contributed by atoms with Crippen molar-refractivity contribution in [3.8, 4) is 0 Å². The molecule has 14 heavy (non-hydrogen) atoms. The van der Waals surface area contributed by atoms with Crippen LogP contribution in [0.3, 0.4) is 0 Å². The van der Waals surface area contributed by atoms with Crippen molar-refractivity contribution in [1.29, 1.82) is 0 Å². The van der Waals surface area contributed by atoms with Gasteiger partial charge >= 0.3 is 0 Å². The van der Waals surface area contributed by atoms with Crippen molar-refractivity contribution >= 4 is 8.32 Å². The second-order valence-corrected chi connectivity index (χ2v) is 11.6. The molecule has 2 heteroatoms. The molecule has 1 nitrogen and oxygen atoms in total. The summed E-state index contributed by atoms with van der Waals surface area (Å²) in [6.45, 7) is 20.4. The van der Waals surface area contributed by atoms with Gasteiger partial charge in [-0.3, -0.25) is 0 Å². The van der Waals surface area contributed by atoms with Crippen LogP contribution in [0.4, 0.5) is 0 Å². The number of hydrogen-bond donors (Lipinski definition) is 0. The Morgan fingerprint density at radius 1 is 0.929 bits per heavy atom. The second kappa shape index (κ2) is 3.97. The summed E-state index contributed by atoms with van der Waals surface area (Å²) in [6.07, 6.45) is 0.336. The first-order chi connectivity index (χ1) is 5.88. The molecule has 0 rings (SSSR count). The van der Waals surface area contributed by atoms with Gasteiger partial charge in [0.15, 0.2) is 8.32 Å². The Kier molecular flexibility index (Phi) is 4.02. The maximum absolute atomic E-state index is 6.31. The molecule has 1 atom stereocenters. The highest BCUT2D eigenvalue weighted by Crippen LogP contribution is 2.39. The highest BCUT2D eigenvalue weighted by Gasteiger charge is 2.40. The molecule has 0 heterocycles. The van der Waals surface area contributed by atoms with E-state index in [9.17, 15) is 0 Å². The SMILES string of the molecule is C[C@@H](O[Si](C)(C)C(C)(C)C)C(C)(C)C. The predicted octanol–water partition coefficient (Wildman–Crippen LogP) is 4.44. The molecule has 0 fully saturated rings. The highest BCUT2D eigenvalue weighted by molar-refractivity contribution is 6.74. The molecular weight excluding hydrogens is 188 g/mol. The lowest BCUT2D eigenvalue weighted by molar-refractivity contribution is 0.0892. The van der Waals surface area contributed by atoms with Crippen molar-refractivity contribution in [1.82, 2.24) is 0 Å². The van der Waals surface area contributed by atoms with E-state index < -0.39 is 8.32 Å². The monoisotopic (exact) mass is 216 g/mol. The van der Waals surface area contributed by atoms with Gasteiger partial charge in [0.25, 0.3) is 0 Å². The van der Waals surface area contributed by atoms with Gasteiger partial charge in [-0.25, -0.2) is 0 Å². The third-order valence-electron chi connectivity index (χ3n) is 3.50. The van der Waals surface area contributed by atoms with Crippen LogP contribution < -0.4 is 0 Å². The van der Waals surface area contributed by atoms with E-state index >= 15 is 0 Å². The van der Waals surface area contributed by atoms with Crippen molar-refractivity contribution in [3.63, 3.8) is 0 Å². The molecule has 0 aromatic heterocycles. The zero-order chi connectivity index (χ0) is 11.8. The van der Waals surface area contributed by atoms with Crippen LogP contribution in [0.5, 0.6) is 0 Å². The molecular formula is C12H28OSi. The molecule has 0 aromatic carbocycles. The normalized spacial score (nSPS) is 16.9. The lowest BCUT2D eigenvalue weighted by Gasteiger charge is -2.42. The maximum Gasteiger partial charge on any atom is 0.192 e. The summed E-state index contributed by atoms with van der Waals surface area (Å²) in [7, 11) is -1.58. The van der Waals surface area contributed by atoms with Crippen LogP contribution in [-0.2, 0) is 4.43 Å². The van der Waals surface area contributed by atoms with E-state index in [1.165, 1.54) is 0 Å². The van der Waals surface area contributed by atoms with E-state index in [1.807, 2.05) is 0 Å². The molecule has 0 aliphatic heterocycles. The average molecular weight is 216 g/mol. The van der Waals surface area contributed by atoms with Crippen LogP contribution in [-0.4, -0.2) is 14.4 Å². The molecule has 0 aliphatic rings. The summed E-state index contributed by atoms with van der Waals surface area (Å²) in [5.41, 5.74) is 0.246. The molecule has 0 unspecified atom stereocenters. The first kappa shape index (κ1) is 14.2. The second-order valence-electron chi connectivity index (χ2n) is 6.89. The standard InChI is InChI=1S/C12H28OSi/c1-10(11(2,3)4)13-14(8,9)12(5,6)7/h10H,1-9H3/t10-/m1/s1. The summed E-state index contributed by atoms with van der Waals surface area (Å²) >= 11 is 0. The fourth-order valence-corrected chi connectivity index (χ4v) is 2.39. The molecule has 0 aliphatic carbocycles. The predicted molar refractivity (Wildman–Crippen MR) is 67.2 cm³/mol. The van der Waals surface area contributed by atoms with Gasteiger partial charge in [-0.2, -0.15) is 0 Å². The van der Waals surface area contributed by atoms with Gasteiger partial charge in [-0.1, -0.05) is 41.5 Å². The average Bonchev–Trinajstić information content (AvgIpc) is 1.80. The summed E-state index contributed by atoms with van der Waals surface area (Å²) in [5.74, 6) is 0. The lowest BCUT2D eigenvalue weighted by Crippen LogP contribution is -2.46. The molecule has 0 saturated heterocycles. The lowest BCUT2D eigenvalue weighted by atomic mass is 9.91. The summed E-state index contributed by atoms with van der Waals surface area (Å²) in [6, 6.07) is 0. The highest BCUT2D eigenvalue weighted by atomic mass is 28.4. The van der Waals surface area contributed by atoms with Gasteiger partial charge in [-0.05, 0) is 30.5 Å². The Bertz CT molecular complexity index is 183. The smallest absolute Gasteiger partial charge is 0.192 e. The van der Waals surface area contributed by atoms with Crippen molar-refractivity contribution in [2.24, 2.45) is 5.41 Å². The molecule has 0 aromatic rings. The van der Waals surface area contributed by atoms with Gasteiger partial charge in [0, 0.05) is 6.10 Å². The van der Waals surface area contributed by atoms with Gasteiger partial charge in [0.05, 0.1) is 0 Å². The Morgan fingerprint density at radius 2 is 1.29 bits per heavy atom. The molecule has 0 radical (unpaired) electrons. The van der Waals surface area contributed by atoms with Crippen LogP contribution in [0.15, 0.2) is 0 Å². The van der Waals surface area contributed by atoms with E-state index in [-0.39, 0.29) is 5.41 Å². The topological polar surface area (TPSA) is 9.23 Å². The molecule has 86 valence electrons. The molecule has 0 N–H and O–H groups in total. The van der Waals surface area contributed by atoms with Gasteiger partial charge in [-0.15, -0.1) is 0 Å². The minimum absolute atomic E-state index is 0.246. The van der Waals surface area contributed by atoms with Crippen LogP contribution >= 0.6 is 0 Å². The largest absolute Gasteiger partial charge is 0.414 e. The van der Waals surface area contributed by atoms with Crippen molar-refractivity contribution in [2.75, 3.05) is 0 Å². The minimum Gasteiger partial charge on any atom is -0.414 e. The van der Waals surface area contributed by atoms with Crippen molar-refractivity contribution in [3.05, 3.63) is 0 Å². The zero-order valence-electron chi connectivity index (χ0n) is 11.5. The van der Waals surface area contributed by atoms with E-state index in [1.54, 1.807) is 0 Å². The fourth-order valence-electron chi connectivity index (χ4n) is 0.795. The molecule has 0 bridgehead atoms. The van der Waals surface area contributed by atoms with Crippen LogP contribution in [0, 0.1) is 5.41 Å². The van der Waals surface area contributed by atoms with Crippen LogP contribution in [0.1, 0.15) is 48.5 Å². The first-order valence-corrected chi connectivity index (χ1v) is 8.46. The van der Waals surface area contributed by atoms with Crippen LogP contribution in [0.2, 0.25) is 18.1 Å². The van der Waals surface area contributed by atoms with E-state index in [2.05, 4.69) is 61.6 Å². The zero-order valence-corrected chi connectivity index (χ0v) is 12.5. The summed E-state index contributed by atoms with van der Waals surface area (Å²) in [5, 5.41) is 0.312. The Balaban J connectivity index is 4.53. The van der Waals surface area contributed by atoms with E-state index in [0.29, 0.717) is 11.1 Å². The number of rotatable bonds is 2. The van der Waals surface area contributed by atoms with Gasteiger partial charge in [0.1, 0.15) is 0 Å². The first-order valence-electron chi connectivity index (χ1n) is 5.56. The molecule has 0 saturated carbocycles. The minimum atomic E-state index is -1.58. The summed E-state index contributed by atoms with van der Waals surface area (Å²) < 4.78 is 6.31. The van der Waals surface area contributed by atoms with E-state index in [0.717, 1.165) is 0 Å². The third kappa shape index (κ3) is 3.74. The Labute approximate surface area is 91.4 Å². The van der Waals surface area contributed by atoms with E-state index in [4.69, 9.17) is 4.43 Å². The van der Waals surface area contributed by atoms with Crippen molar-refractivity contribution in [2.45, 2.75) is 72.7 Å². The molecule has 0 spiro atoms. The Hall–Kier alpha value is 0.177. The Morgan fingerprint density at radius 3 is 1.50 bits per heavy atom.